The summed E-state index contributed by atoms with van der Waals surface area (Å²) in [7, 11) is 0. The van der Waals surface area contributed by atoms with E-state index in [1.807, 2.05) is 0 Å². The number of para-hydroxylation sites is 2. The van der Waals surface area contributed by atoms with Crippen molar-refractivity contribution in [3.63, 3.8) is 0 Å². The smallest absolute Gasteiger partial charge is 0.143 e. The Kier molecular flexibility index (Phi) is 6.90. The molecule has 11 rings (SSSR count). The summed E-state index contributed by atoms with van der Waals surface area (Å²) in [5.74, 6) is 0. The maximum absolute atomic E-state index is 6.90. The van der Waals surface area contributed by atoms with E-state index in [-0.39, 0.29) is 0 Å². The largest absolute Gasteiger partial charge is 0.455 e. The lowest BCUT2D eigenvalue weighted by Crippen LogP contribution is -2.10. The molecular weight excluding hydrogens is 655 g/mol. The fourth-order valence-electron chi connectivity index (χ4n) is 8.66. The molecule has 0 saturated heterocycles. The Hall–Kier alpha value is -7.16. The van der Waals surface area contributed by atoms with Crippen LogP contribution in [0.5, 0.6) is 0 Å². The highest BCUT2D eigenvalue weighted by atomic mass is 16.3. The predicted molar refractivity (Wildman–Crippen MR) is 231 cm³/mol. The number of rotatable bonds is 3. The van der Waals surface area contributed by atoms with Gasteiger partial charge in [0.25, 0.3) is 0 Å². The van der Waals surface area contributed by atoms with Crippen molar-refractivity contribution in [1.82, 2.24) is 0 Å². The Morgan fingerprint density at radius 2 is 0.778 bits per heavy atom. The number of nitrogens with zero attached hydrogens (tertiary/aromatic N) is 1. The van der Waals surface area contributed by atoms with Gasteiger partial charge in [-0.05, 0) is 96.3 Å². The second-order valence-electron chi connectivity index (χ2n) is 14.0. The fraction of sp³-hybridized carbons (Fsp3) is 0. The highest BCUT2D eigenvalue weighted by Gasteiger charge is 2.19. The zero-order valence-corrected chi connectivity index (χ0v) is 29.4. The van der Waals surface area contributed by atoms with Crippen molar-refractivity contribution in [1.29, 1.82) is 0 Å². The molecule has 0 atom stereocenters. The Labute approximate surface area is 312 Å². The summed E-state index contributed by atoms with van der Waals surface area (Å²) < 4.78 is 6.90. The van der Waals surface area contributed by atoms with Crippen molar-refractivity contribution < 1.29 is 4.42 Å². The van der Waals surface area contributed by atoms with Gasteiger partial charge in [-0.15, -0.1) is 0 Å². The van der Waals surface area contributed by atoms with Gasteiger partial charge in [0.2, 0.25) is 0 Å². The molecule has 10 aromatic carbocycles. The molecule has 0 aliphatic rings. The van der Waals surface area contributed by atoms with Crippen LogP contribution >= 0.6 is 0 Å². The van der Waals surface area contributed by atoms with E-state index in [1.54, 1.807) is 0 Å². The van der Waals surface area contributed by atoms with E-state index in [0.717, 1.165) is 60.5 Å². The third-order valence-corrected chi connectivity index (χ3v) is 11.0. The van der Waals surface area contributed by atoms with E-state index in [4.69, 9.17) is 4.42 Å². The molecule has 0 fully saturated rings. The SMILES string of the molecule is c1ccc(N(c2ccc3c4ccccc4c4ccccc4c4ccccc4c4c(ccc5c6ccccc6oc54)c3c2)c2cccc3ccccc23)cc1. The molecule has 2 nitrogen and oxygen atoms in total. The first-order valence-corrected chi connectivity index (χ1v) is 18.5. The molecule has 11 aromatic rings. The van der Waals surface area contributed by atoms with Crippen LogP contribution in [-0.2, 0) is 0 Å². The minimum atomic E-state index is 0.890. The van der Waals surface area contributed by atoms with Gasteiger partial charge >= 0.3 is 0 Å². The van der Waals surface area contributed by atoms with E-state index in [0.29, 0.717) is 0 Å². The quantitative estimate of drug-likeness (QED) is 0.184. The first-order valence-electron chi connectivity index (χ1n) is 18.5. The molecule has 0 bridgehead atoms. The van der Waals surface area contributed by atoms with Crippen LogP contribution in [0.3, 0.4) is 0 Å². The summed E-state index contributed by atoms with van der Waals surface area (Å²) in [6.45, 7) is 0. The summed E-state index contributed by atoms with van der Waals surface area (Å²) in [6.07, 6.45) is 0. The average molecular weight is 688 g/mol. The molecule has 0 amide bonds. The Morgan fingerprint density at radius 1 is 0.296 bits per heavy atom. The van der Waals surface area contributed by atoms with Crippen molar-refractivity contribution in [2.24, 2.45) is 0 Å². The summed E-state index contributed by atoms with van der Waals surface area (Å²) >= 11 is 0. The van der Waals surface area contributed by atoms with Crippen LogP contribution in [0.1, 0.15) is 0 Å². The minimum Gasteiger partial charge on any atom is -0.455 e. The van der Waals surface area contributed by atoms with Crippen molar-refractivity contribution in [2.75, 3.05) is 4.90 Å². The van der Waals surface area contributed by atoms with Gasteiger partial charge in [-0.1, -0.05) is 158 Å². The monoisotopic (exact) mass is 687 g/mol. The first kappa shape index (κ1) is 30.5. The maximum atomic E-state index is 6.90. The lowest BCUT2D eigenvalue weighted by atomic mass is 9.93. The van der Waals surface area contributed by atoms with Crippen LogP contribution in [0.15, 0.2) is 205 Å². The Bertz CT molecular complexity index is 3340. The minimum absolute atomic E-state index is 0.890. The Balaban J connectivity index is 1.40. The summed E-state index contributed by atoms with van der Waals surface area (Å²) in [4.78, 5) is 2.40. The molecule has 54 heavy (non-hydrogen) atoms. The molecular formula is C52H33NO. The highest BCUT2D eigenvalue weighted by Crippen LogP contribution is 2.44. The molecule has 0 N–H and O–H groups in total. The standard InChI is InChI=1S/C52H33NO/c1-2-17-35(18-3-1)53(49-27-14-16-34-15-4-5-19-37(34)49)36-29-30-43-41-23-9-7-21-39(41)38-20-6-8-22-40(38)42-24-10-11-26-45(42)51-46(48(43)33-36)31-32-47-44-25-12-13-28-50(44)54-52(47)51/h1-33H. The van der Waals surface area contributed by atoms with E-state index < -0.39 is 0 Å². The van der Waals surface area contributed by atoms with Gasteiger partial charge in [0.1, 0.15) is 11.2 Å². The molecule has 0 spiro atoms. The normalized spacial score (nSPS) is 11.7. The number of hydrogen-bond acceptors (Lipinski definition) is 2. The van der Waals surface area contributed by atoms with Crippen LogP contribution in [0, 0.1) is 0 Å². The number of fused-ring (bicyclic) bond motifs is 15. The molecule has 0 aliphatic carbocycles. The van der Waals surface area contributed by atoms with Crippen molar-refractivity contribution in [2.45, 2.75) is 0 Å². The van der Waals surface area contributed by atoms with Crippen LogP contribution in [0.4, 0.5) is 17.1 Å². The topological polar surface area (TPSA) is 16.4 Å². The van der Waals surface area contributed by atoms with Crippen molar-refractivity contribution in [3.8, 4) is 0 Å². The van der Waals surface area contributed by atoms with Gasteiger partial charge in [0.15, 0.2) is 0 Å². The van der Waals surface area contributed by atoms with E-state index in [2.05, 4.69) is 205 Å². The van der Waals surface area contributed by atoms with E-state index in [1.165, 1.54) is 43.1 Å². The lowest BCUT2D eigenvalue weighted by molar-refractivity contribution is 0.673. The Morgan fingerprint density at radius 3 is 1.48 bits per heavy atom. The molecule has 1 heterocycles. The van der Waals surface area contributed by atoms with E-state index in [9.17, 15) is 0 Å². The van der Waals surface area contributed by atoms with Crippen LogP contribution in [-0.4, -0.2) is 0 Å². The number of benzene rings is 9. The van der Waals surface area contributed by atoms with Gasteiger partial charge < -0.3 is 9.32 Å². The van der Waals surface area contributed by atoms with Gasteiger partial charge in [-0.25, -0.2) is 0 Å². The molecule has 0 saturated carbocycles. The van der Waals surface area contributed by atoms with Gasteiger partial charge in [-0.2, -0.15) is 0 Å². The summed E-state index contributed by atoms with van der Waals surface area (Å²) in [5, 5.41) is 16.3. The third-order valence-electron chi connectivity index (χ3n) is 11.0. The number of anilines is 3. The average Bonchev–Trinajstić information content (AvgIpc) is 3.63. The van der Waals surface area contributed by atoms with Crippen LogP contribution in [0.2, 0.25) is 0 Å². The second-order valence-corrected chi connectivity index (χ2v) is 14.0. The molecule has 1 aromatic heterocycles. The molecule has 0 unspecified atom stereocenters. The van der Waals surface area contributed by atoms with Crippen molar-refractivity contribution >= 4 is 104 Å². The first-order chi connectivity index (χ1) is 26.8. The number of furan rings is 1. The predicted octanol–water partition coefficient (Wildman–Crippen LogP) is 15.1. The van der Waals surface area contributed by atoms with Crippen molar-refractivity contribution in [3.05, 3.63) is 200 Å². The van der Waals surface area contributed by atoms with Gasteiger partial charge in [0, 0.05) is 32.9 Å². The second kappa shape index (κ2) is 12.2. The van der Waals surface area contributed by atoms with Crippen LogP contribution < -0.4 is 4.90 Å². The summed E-state index contributed by atoms with van der Waals surface area (Å²) in [5.41, 5.74) is 5.10. The highest BCUT2D eigenvalue weighted by molar-refractivity contribution is 6.31. The molecule has 0 aliphatic heterocycles. The maximum Gasteiger partial charge on any atom is 0.143 e. The van der Waals surface area contributed by atoms with Gasteiger partial charge in [-0.3, -0.25) is 0 Å². The zero-order chi connectivity index (χ0) is 35.6. The summed E-state index contributed by atoms with van der Waals surface area (Å²) in [6, 6.07) is 72.4. The molecule has 0 radical (unpaired) electrons. The number of hydrogen-bond donors (Lipinski definition) is 0. The van der Waals surface area contributed by atoms with Crippen LogP contribution in [0.25, 0.3) is 86.6 Å². The zero-order valence-electron chi connectivity index (χ0n) is 29.4. The third kappa shape index (κ3) is 4.67. The van der Waals surface area contributed by atoms with Gasteiger partial charge in [0.05, 0.1) is 5.69 Å². The molecule has 252 valence electrons. The fourth-order valence-corrected chi connectivity index (χ4v) is 8.66. The molecule has 2 heteroatoms. The lowest BCUT2D eigenvalue weighted by Gasteiger charge is -2.27. The van der Waals surface area contributed by atoms with E-state index >= 15 is 0 Å².